The van der Waals surface area contributed by atoms with E-state index >= 15 is 0 Å². The van der Waals surface area contributed by atoms with Gasteiger partial charge in [-0.3, -0.25) is 4.98 Å². The van der Waals surface area contributed by atoms with Crippen LogP contribution >= 0.6 is 0 Å². The molecule has 1 fully saturated rings. The van der Waals surface area contributed by atoms with Crippen molar-refractivity contribution in [3.05, 3.63) is 22.7 Å². The maximum Gasteiger partial charge on any atom is 0.417 e. The molecule has 20 heavy (non-hydrogen) atoms. The first-order valence-corrected chi connectivity index (χ1v) is 6.80. The Morgan fingerprint density at radius 3 is 2.90 bits per heavy atom. The molecule has 2 aromatic rings. The highest BCUT2D eigenvalue weighted by Crippen LogP contribution is 2.31. The average Bonchev–Trinajstić information content (AvgIpc) is 2.76. The molecule has 6 nitrogen and oxygen atoms in total. The van der Waals surface area contributed by atoms with Crippen molar-refractivity contribution in [2.75, 3.05) is 30.8 Å². The summed E-state index contributed by atoms with van der Waals surface area (Å²) in [6, 6.07) is 3.49. The van der Waals surface area contributed by atoms with Gasteiger partial charge in [-0.15, -0.1) is 0 Å². The minimum atomic E-state index is -0.465. The van der Waals surface area contributed by atoms with Gasteiger partial charge in [-0.2, -0.15) is 0 Å². The molecular weight excluding hydrogens is 258 g/mol. The Morgan fingerprint density at radius 1 is 1.40 bits per heavy atom. The second-order valence-electron chi connectivity index (χ2n) is 5.73. The molecule has 1 saturated heterocycles. The van der Waals surface area contributed by atoms with E-state index in [1.807, 2.05) is 6.07 Å². The van der Waals surface area contributed by atoms with Gasteiger partial charge in [0.1, 0.15) is 0 Å². The first-order chi connectivity index (χ1) is 9.56. The number of hydrogen-bond acceptors (Lipinski definition) is 5. The minimum absolute atomic E-state index is 0.212. The van der Waals surface area contributed by atoms with E-state index in [4.69, 9.17) is 14.9 Å². The van der Waals surface area contributed by atoms with E-state index in [-0.39, 0.29) is 5.41 Å². The highest BCUT2D eigenvalue weighted by molar-refractivity contribution is 5.85. The largest absolute Gasteiger partial charge is 0.417 e. The van der Waals surface area contributed by atoms with Crippen molar-refractivity contribution in [1.82, 2.24) is 4.98 Å². The fraction of sp³-hybridized carbons (Fsp3) is 0.500. The van der Waals surface area contributed by atoms with Gasteiger partial charge in [0.05, 0.1) is 16.9 Å². The molecule has 1 aromatic heterocycles. The van der Waals surface area contributed by atoms with Crippen molar-refractivity contribution in [2.45, 2.75) is 19.8 Å². The van der Waals surface area contributed by atoms with E-state index in [0.717, 1.165) is 38.3 Å². The number of fused-ring (bicyclic) bond motifs is 1. The maximum atomic E-state index is 11.2. The standard InChI is InChI=1S/C14H19N3O3/c1-14(2-4-19-5-3-14)8-16-10-7-11-12(6-9(10)15)20-13(18)17-11/h6-7,16H,2-5,8,15H2,1H3,(H,17,18). The number of rotatable bonds is 3. The summed E-state index contributed by atoms with van der Waals surface area (Å²) in [6.45, 7) is 4.69. The van der Waals surface area contributed by atoms with E-state index in [2.05, 4.69) is 17.2 Å². The van der Waals surface area contributed by atoms with Gasteiger partial charge < -0.3 is 20.2 Å². The first-order valence-electron chi connectivity index (χ1n) is 6.80. The van der Waals surface area contributed by atoms with E-state index in [0.29, 0.717) is 16.8 Å². The molecule has 0 amide bonds. The number of nitrogen functional groups attached to an aromatic ring is 1. The van der Waals surface area contributed by atoms with Crippen LogP contribution in [0.1, 0.15) is 19.8 Å². The Labute approximate surface area is 116 Å². The summed E-state index contributed by atoms with van der Waals surface area (Å²) in [5.41, 5.74) is 8.74. The van der Waals surface area contributed by atoms with Gasteiger partial charge in [-0.25, -0.2) is 4.79 Å². The smallest absolute Gasteiger partial charge is 0.408 e. The van der Waals surface area contributed by atoms with Crippen LogP contribution in [0.5, 0.6) is 0 Å². The van der Waals surface area contributed by atoms with Gasteiger partial charge in [0, 0.05) is 25.8 Å². The number of H-pyrrole nitrogens is 1. The monoisotopic (exact) mass is 277 g/mol. The Kier molecular flexibility index (Phi) is 3.17. The van der Waals surface area contributed by atoms with E-state index in [9.17, 15) is 4.79 Å². The Morgan fingerprint density at radius 2 is 2.15 bits per heavy atom. The molecule has 1 aromatic carbocycles. The number of nitrogens with two attached hydrogens (primary N) is 1. The summed E-state index contributed by atoms with van der Waals surface area (Å²) in [5, 5.41) is 3.38. The molecule has 0 atom stereocenters. The summed E-state index contributed by atoms with van der Waals surface area (Å²) < 4.78 is 10.4. The fourth-order valence-corrected chi connectivity index (χ4v) is 2.52. The number of aromatic amines is 1. The van der Waals surface area contributed by atoms with Gasteiger partial charge in [0.15, 0.2) is 5.58 Å². The van der Waals surface area contributed by atoms with Gasteiger partial charge in [0.25, 0.3) is 0 Å². The zero-order valence-corrected chi connectivity index (χ0v) is 11.5. The molecule has 0 unspecified atom stereocenters. The molecule has 1 aliphatic heterocycles. The molecule has 6 heteroatoms. The lowest BCUT2D eigenvalue weighted by molar-refractivity contribution is 0.0300. The number of aromatic nitrogens is 1. The highest BCUT2D eigenvalue weighted by atomic mass is 16.5. The lowest BCUT2D eigenvalue weighted by Gasteiger charge is -2.34. The number of hydrogen-bond donors (Lipinski definition) is 3. The average molecular weight is 277 g/mol. The normalized spacial score (nSPS) is 18.2. The van der Waals surface area contributed by atoms with Crippen molar-refractivity contribution >= 4 is 22.5 Å². The van der Waals surface area contributed by atoms with E-state index in [1.165, 1.54) is 0 Å². The van der Waals surface area contributed by atoms with Crippen molar-refractivity contribution in [3.63, 3.8) is 0 Å². The number of ether oxygens (including phenoxy) is 1. The van der Waals surface area contributed by atoms with Crippen molar-refractivity contribution in [1.29, 1.82) is 0 Å². The quantitative estimate of drug-likeness (QED) is 0.745. The molecule has 2 heterocycles. The summed E-state index contributed by atoms with van der Waals surface area (Å²) in [6.07, 6.45) is 2.06. The summed E-state index contributed by atoms with van der Waals surface area (Å²) in [7, 11) is 0. The van der Waals surface area contributed by atoms with Crippen LogP contribution in [0.4, 0.5) is 11.4 Å². The molecular formula is C14H19N3O3. The molecule has 108 valence electrons. The second kappa shape index (κ2) is 4.86. The zero-order chi connectivity index (χ0) is 14.2. The van der Waals surface area contributed by atoms with Gasteiger partial charge in [0.2, 0.25) is 0 Å². The lowest BCUT2D eigenvalue weighted by Crippen LogP contribution is -2.33. The zero-order valence-electron chi connectivity index (χ0n) is 11.5. The third-order valence-electron chi connectivity index (χ3n) is 4.00. The van der Waals surface area contributed by atoms with Crippen molar-refractivity contribution < 1.29 is 9.15 Å². The highest BCUT2D eigenvalue weighted by Gasteiger charge is 2.27. The molecule has 3 rings (SSSR count). The molecule has 1 aliphatic rings. The predicted molar refractivity (Wildman–Crippen MR) is 77.9 cm³/mol. The van der Waals surface area contributed by atoms with Crippen molar-refractivity contribution in [3.8, 4) is 0 Å². The van der Waals surface area contributed by atoms with Gasteiger partial charge in [-0.05, 0) is 24.3 Å². The predicted octanol–water partition coefficient (Wildman–Crippen LogP) is 1.93. The maximum absolute atomic E-state index is 11.2. The Balaban J connectivity index is 1.79. The Bertz CT molecular complexity index is 668. The Hall–Kier alpha value is -1.95. The number of oxazole rings is 1. The van der Waals surface area contributed by atoms with Crippen LogP contribution in [-0.2, 0) is 4.74 Å². The fourth-order valence-electron chi connectivity index (χ4n) is 2.52. The van der Waals surface area contributed by atoms with Crippen LogP contribution in [0.3, 0.4) is 0 Å². The summed E-state index contributed by atoms with van der Waals surface area (Å²) in [4.78, 5) is 13.8. The topological polar surface area (TPSA) is 93.3 Å². The van der Waals surface area contributed by atoms with Gasteiger partial charge >= 0.3 is 5.76 Å². The third kappa shape index (κ3) is 2.51. The third-order valence-corrected chi connectivity index (χ3v) is 4.00. The van der Waals surface area contributed by atoms with Crippen LogP contribution in [0, 0.1) is 5.41 Å². The lowest BCUT2D eigenvalue weighted by atomic mass is 9.82. The van der Waals surface area contributed by atoms with Crippen LogP contribution in [0.25, 0.3) is 11.1 Å². The van der Waals surface area contributed by atoms with Crippen LogP contribution in [0.2, 0.25) is 0 Å². The molecule has 0 bridgehead atoms. The van der Waals surface area contributed by atoms with E-state index < -0.39 is 5.76 Å². The molecule has 0 saturated carbocycles. The van der Waals surface area contributed by atoms with Gasteiger partial charge in [-0.1, -0.05) is 6.92 Å². The molecule has 0 radical (unpaired) electrons. The SMILES string of the molecule is CC1(CNc2cc3[nH]c(=O)oc3cc2N)CCOCC1. The number of anilines is 2. The van der Waals surface area contributed by atoms with Crippen LogP contribution < -0.4 is 16.8 Å². The second-order valence-corrected chi connectivity index (χ2v) is 5.73. The molecule has 0 spiro atoms. The summed E-state index contributed by atoms with van der Waals surface area (Å²) in [5.74, 6) is -0.465. The van der Waals surface area contributed by atoms with Crippen LogP contribution in [0.15, 0.2) is 21.3 Å². The molecule has 0 aliphatic carbocycles. The van der Waals surface area contributed by atoms with Crippen LogP contribution in [-0.4, -0.2) is 24.7 Å². The minimum Gasteiger partial charge on any atom is -0.408 e. The molecule has 4 N–H and O–H groups in total. The number of benzene rings is 1. The van der Waals surface area contributed by atoms with E-state index in [1.54, 1.807) is 6.07 Å². The summed E-state index contributed by atoms with van der Waals surface area (Å²) >= 11 is 0. The number of nitrogens with one attached hydrogen (secondary N) is 2. The van der Waals surface area contributed by atoms with Crippen molar-refractivity contribution in [2.24, 2.45) is 5.41 Å². The first kappa shape index (κ1) is 13.1.